The van der Waals surface area contributed by atoms with Crippen molar-refractivity contribution in [3.8, 4) is 0 Å². The third-order valence-corrected chi connectivity index (χ3v) is 3.24. The van der Waals surface area contributed by atoms with E-state index in [1.165, 1.54) is 38.6 Å². The number of fused-ring (bicyclic) bond motifs is 1. The second-order valence-electron chi connectivity index (χ2n) is 4.00. The zero-order chi connectivity index (χ0) is 6.97. The highest BCUT2D eigenvalue weighted by molar-refractivity contribution is 6.61. The summed E-state index contributed by atoms with van der Waals surface area (Å²) in [5.41, 5.74) is 0. The Labute approximate surface area is 63.9 Å². The van der Waals surface area contributed by atoms with Gasteiger partial charge in [-0.2, -0.15) is 0 Å². The molecule has 2 saturated heterocycles. The van der Waals surface area contributed by atoms with Gasteiger partial charge in [0.05, 0.1) is 0 Å². The van der Waals surface area contributed by atoms with Crippen LogP contribution in [0.2, 0.25) is 18.5 Å². The highest BCUT2D eigenvalue weighted by Gasteiger charge is 2.33. The number of hydrogen-bond donors (Lipinski definition) is 0. The van der Waals surface area contributed by atoms with E-state index in [9.17, 15) is 0 Å². The fourth-order valence-electron chi connectivity index (χ4n) is 2.61. The Kier molecular flexibility index (Phi) is 1.73. The van der Waals surface area contributed by atoms with Crippen molar-refractivity contribution in [3.63, 3.8) is 0 Å². The van der Waals surface area contributed by atoms with Crippen LogP contribution in [-0.4, -0.2) is 31.7 Å². The van der Waals surface area contributed by atoms with Crippen LogP contribution in [0.1, 0.15) is 12.8 Å². The molecule has 0 spiro atoms. The molecule has 0 radical (unpaired) electrons. The fraction of sp³-hybridized carbons (Fsp3) is 1.00. The highest BCUT2D eigenvalue weighted by atomic mass is 15.1. The number of rotatable bonds is 0. The van der Waals surface area contributed by atoms with E-state index in [1.807, 2.05) is 0 Å². The second-order valence-corrected chi connectivity index (χ2v) is 4.00. The van der Waals surface area contributed by atoms with Gasteiger partial charge in [0.1, 0.15) is 6.71 Å². The lowest BCUT2D eigenvalue weighted by atomic mass is 9.39. The van der Waals surface area contributed by atoms with E-state index < -0.39 is 0 Å². The summed E-state index contributed by atoms with van der Waals surface area (Å²) in [7, 11) is 2.26. The van der Waals surface area contributed by atoms with Gasteiger partial charge in [0.15, 0.2) is 0 Å². The first-order valence-electron chi connectivity index (χ1n) is 4.55. The lowest BCUT2D eigenvalue weighted by Gasteiger charge is -2.30. The van der Waals surface area contributed by atoms with E-state index in [1.54, 1.807) is 0 Å². The molecule has 0 aromatic rings. The van der Waals surface area contributed by atoms with Crippen LogP contribution in [-0.2, 0) is 0 Å². The van der Waals surface area contributed by atoms with Crippen molar-refractivity contribution in [2.45, 2.75) is 31.3 Å². The molecule has 1 atom stereocenters. The first kappa shape index (κ1) is 6.72. The molecule has 10 heavy (non-hydrogen) atoms. The Hall–Kier alpha value is 0.0249. The Balaban J connectivity index is 1.96. The molecule has 2 aliphatic heterocycles. The van der Waals surface area contributed by atoms with Crippen LogP contribution >= 0.6 is 0 Å². The summed E-state index contributed by atoms with van der Waals surface area (Å²) in [6, 6.07) is 0. The van der Waals surface area contributed by atoms with Crippen LogP contribution in [0.3, 0.4) is 0 Å². The standard InChI is InChI=1S/C8H16BN/c1-10-6-5-9-4-2-3-8(9)7-10/h8H,2-7H2,1H3/t8-/m1/s1. The zero-order valence-corrected chi connectivity index (χ0v) is 6.84. The molecule has 2 heterocycles. The largest absolute Gasteiger partial charge is 0.307 e. The number of hydrogen-bond acceptors (Lipinski definition) is 1. The van der Waals surface area contributed by atoms with Gasteiger partial charge < -0.3 is 4.90 Å². The molecule has 56 valence electrons. The van der Waals surface area contributed by atoms with Crippen molar-refractivity contribution in [1.82, 2.24) is 4.90 Å². The molecule has 2 fully saturated rings. The molecule has 0 amide bonds. The van der Waals surface area contributed by atoms with Crippen LogP contribution in [0.5, 0.6) is 0 Å². The van der Waals surface area contributed by atoms with Gasteiger partial charge in [-0.1, -0.05) is 25.5 Å². The van der Waals surface area contributed by atoms with Crippen molar-refractivity contribution in [2.75, 3.05) is 20.1 Å². The minimum atomic E-state index is 1.07. The molecule has 2 rings (SSSR count). The van der Waals surface area contributed by atoms with E-state index in [-0.39, 0.29) is 0 Å². The predicted octanol–water partition coefficient (Wildman–Crippen LogP) is 1.59. The zero-order valence-electron chi connectivity index (χ0n) is 6.84. The average molecular weight is 137 g/mol. The summed E-state index contributed by atoms with van der Waals surface area (Å²) >= 11 is 0. The maximum atomic E-state index is 2.49. The van der Waals surface area contributed by atoms with Crippen LogP contribution in [0.15, 0.2) is 0 Å². The topological polar surface area (TPSA) is 3.24 Å². The second kappa shape index (κ2) is 2.57. The summed E-state index contributed by atoms with van der Waals surface area (Å²) in [5, 5.41) is 0. The molecule has 0 bridgehead atoms. The normalized spacial score (nSPS) is 34.5. The molecule has 1 nitrogen and oxygen atoms in total. The molecular weight excluding hydrogens is 121 g/mol. The van der Waals surface area contributed by atoms with Gasteiger partial charge in [0.2, 0.25) is 0 Å². The van der Waals surface area contributed by atoms with Crippen molar-refractivity contribution in [3.05, 3.63) is 0 Å². The molecule has 0 N–H and O–H groups in total. The van der Waals surface area contributed by atoms with Crippen LogP contribution in [0.4, 0.5) is 0 Å². The van der Waals surface area contributed by atoms with Gasteiger partial charge in [-0.25, -0.2) is 0 Å². The molecule has 2 aliphatic rings. The number of nitrogens with zero attached hydrogens (tertiary/aromatic N) is 1. The van der Waals surface area contributed by atoms with Gasteiger partial charge in [0, 0.05) is 0 Å². The predicted molar refractivity (Wildman–Crippen MR) is 45.8 cm³/mol. The lowest BCUT2D eigenvalue weighted by molar-refractivity contribution is 0.329. The summed E-state index contributed by atoms with van der Waals surface area (Å²) in [6.07, 6.45) is 6.01. The highest BCUT2D eigenvalue weighted by Crippen LogP contribution is 2.35. The Morgan fingerprint density at radius 2 is 2.30 bits per heavy atom. The van der Waals surface area contributed by atoms with Gasteiger partial charge in [-0.3, -0.25) is 0 Å². The summed E-state index contributed by atoms with van der Waals surface area (Å²) in [6.45, 7) is 3.84. The van der Waals surface area contributed by atoms with Gasteiger partial charge in [-0.15, -0.1) is 0 Å². The first-order chi connectivity index (χ1) is 4.86. The molecule has 0 unspecified atom stereocenters. The molecular formula is C8H16BN. The van der Waals surface area contributed by atoms with Gasteiger partial charge in [-0.05, 0) is 26.0 Å². The average Bonchev–Trinajstić information content (AvgIpc) is 2.33. The summed E-state index contributed by atoms with van der Waals surface area (Å²) in [4.78, 5) is 2.49. The monoisotopic (exact) mass is 137 g/mol. The smallest absolute Gasteiger partial charge is 0.145 e. The Bertz CT molecular complexity index is 126. The molecule has 0 aliphatic carbocycles. The van der Waals surface area contributed by atoms with Crippen molar-refractivity contribution in [2.24, 2.45) is 0 Å². The maximum absolute atomic E-state index is 2.49. The van der Waals surface area contributed by atoms with Gasteiger partial charge in [0.25, 0.3) is 0 Å². The van der Waals surface area contributed by atoms with E-state index in [4.69, 9.17) is 0 Å². The Morgan fingerprint density at radius 1 is 1.40 bits per heavy atom. The first-order valence-corrected chi connectivity index (χ1v) is 4.55. The third-order valence-electron chi connectivity index (χ3n) is 3.24. The SMILES string of the molecule is CN1CCB2CCC[C@@H]2C1. The molecule has 0 saturated carbocycles. The maximum Gasteiger partial charge on any atom is 0.145 e. The fourth-order valence-corrected chi connectivity index (χ4v) is 2.61. The molecule has 0 aromatic carbocycles. The Morgan fingerprint density at radius 3 is 3.20 bits per heavy atom. The quantitative estimate of drug-likeness (QED) is 0.458. The minimum Gasteiger partial charge on any atom is -0.307 e. The molecule has 2 heteroatoms. The van der Waals surface area contributed by atoms with Crippen molar-refractivity contribution < 1.29 is 0 Å². The summed E-state index contributed by atoms with van der Waals surface area (Å²) < 4.78 is 0. The molecule has 0 aromatic heterocycles. The van der Waals surface area contributed by atoms with E-state index >= 15 is 0 Å². The lowest BCUT2D eigenvalue weighted by Crippen LogP contribution is -2.37. The van der Waals surface area contributed by atoms with Crippen LogP contribution in [0.25, 0.3) is 0 Å². The van der Waals surface area contributed by atoms with Crippen LogP contribution < -0.4 is 0 Å². The van der Waals surface area contributed by atoms with E-state index in [2.05, 4.69) is 11.9 Å². The van der Waals surface area contributed by atoms with Gasteiger partial charge >= 0.3 is 0 Å². The third kappa shape index (κ3) is 1.09. The van der Waals surface area contributed by atoms with E-state index in [0.29, 0.717) is 0 Å². The van der Waals surface area contributed by atoms with E-state index in [0.717, 1.165) is 12.5 Å². The minimum absolute atomic E-state index is 1.07. The van der Waals surface area contributed by atoms with Crippen LogP contribution in [0, 0.1) is 0 Å². The summed E-state index contributed by atoms with van der Waals surface area (Å²) in [5.74, 6) is 1.07. The van der Waals surface area contributed by atoms with Crippen molar-refractivity contribution in [1.29, 1.82) is 0 Å². The van der Waals surface area contributed by atoms with Crippen molar-refractivity contribution >= 4 is 6.71 Å².